The van der Waals surface area contributed by atoms with Gasteiger partial charge in [0.1, 0.15) is 0 Å². The summed E-state index contributed by atoms with van der Waals surface area (Å²) >= 11 is 0. The van der Waals surface area contributed by atoms with Gasteiger partial charge in [-0.05, 0) is 36.2 Å². The lowest BCUT2D eigenvalue weighted by molar-refractivity contribution is -0.137. The Labute approximate surface area is 129 Å². The van der Waals surface area contributed by atoms with Gasteiger partial charge in [0.2, 0.25) is 0 Å². The van der Waals surface area contributed by atoms with E-state index in [2.05, 4.69) is 17.4 Å². The van der Waals surface area contributed by atoms with Crippen LogP contribution >= 0.6 is 0 Å². The maximum atomic E-state index is 11.7. The zero-order valence-corrected chi connectivity index (χ0v) is 12.3. The summed E-state index contributed by atoms with van der Waals surface area (Å²) in [5, 5.41) is 1.81. The van der Waals surface area contributed by atoms with Crippen molar-refractivity contribution < 1.29 is 9.53 Å². The molecular formula is C17H17N3O2. The fraction of sp³-hybridized carbons (Fsp3) is 0.118. The predicted molar refractivity (Wildman–Crippen MR) is 87.3 cm³/mol. The van der Waals surface area contributed by atoms with Crippen LogP contribution in [0.25, 0.3) is 0 Å². The average molecular weight is 295 g/mol. The van der Waals surface area contributed by atoms with E-state index in [0.29, 0.717) is 0 Å². The highest BCUT2D eigenvalue weighted by Crippen LogP contribution is 2.32. The number of hydrazine groups is 2. The molecule has 0 fully saturated rings. The van der Waals surface area contributed by atoms with Crippen LogP contribution in [0.3, 0.4) is 0 Å². The molecule has 2 aromatic rings. The van der Waals surface area contributed by atoms with E-state index >= 15 is 0 Å². The van der Waals surface area contributed by atoms with Crippen LogP contribution in [0, 0.1) is 6.92 Å². The van der Waals surface area contributed by atoms with Crippen LogP contribution in [-0.2, 0) is 16.0 Å². The first-order valence-electron chi connectivity index (χ1n) is 7.00. The molecule has 0 spiro atoms. The number of benzene rings is 2. The zero-order chi connectivity index (χ0) is 15.5. The molecule has 0 saturated heterocycles. The van der Waals surface area contributed by atoms with E-state index in [9.17, 15) is 4.79 Å². The lowest BCUT2D eigenvalue weighted by Gasteiger charge is -2.22. The first kappa shape index (κ1) is 14.0. The van der Waals surface area contributed by atoms with Crippen molar-refractivity contribution in [3.8, 4) is 0 Å². The lowest BCUT2D eigenvalue weighted by atomic mass is 10.1. The fourth-order valence-corrected chi connectivity index (χ4v) is 2.39. The molecule has 2 N–H and O–H groups in total. The molecule has 5 nitrogen and oxygen atoms in total. The number of carbonyl (C=O) groups is 1. The van der Waals surface area contributed by atoms with Gasteiger partial charge in [0.05, 0.1) is 29.7 Å². The minimum atomic E-state index is -0.336. The molecule has 22 heavy (non-hydrogen) atoms. The van der Waals surface area contributed by atoms with Crippen molar-refractivity contribution in [1.82, 2.24) is 0 Å². The number of nitrogens with one attached hydrogen (secondary N) is 2. The monoisotopic (exact) mass is 295 g/mol. The summed E-state index contributed by atoms with van der Waals surface area (Å²) in [5.74, 6) is -0.336. The Balaban J connectivity index is 1.89. The van der Waals surface area contributed by atoms with Gasteiger partial charge in [-0.1, -0.05) is 30.8 Å². The third-order valence-electron chi connectivity index (χ3n) is 3.42. The molecule has 5 heteroatoms. The number of ether oxygens (including phenoxy) is 1. The fourth-order valence-electron chi connectivity index (χ4n) is 2.39. The topological polar surface area (TPSA) is 53.6 Å². The van der Waals surface area contributed by atoms with Crippen molar-refractivity contribution in [2.24, 2.45) is 0 Å². The smallest absolute Gasteiger partial charge is 0.315 e. The molecular weight excluding hydrogens is 278 g/mol. The number of anilines is 3. The first-order chi connectivity index (χ1) is 10.7. The summed E-state index contributed by atoms with van der Waals surface area (Å²) in [6, 6.07) is 13.8. The average Bonchev–Trinajstić information content (AvgIpc) is 2.93. The summed E-state index contributed by atoms with van der Waals surface area (Å²) in [4.78, 5) is 11.7. The van der Waals surface area contributed by atoms with Crippen LogP contribution in [0.4, 0.5) is 17.1 Å². The molecule has 0 bridgehead atoms. The second-order valence-corrected chi connectivity index (χ2v) is 5.07. The highest BCUT2D eigenvalue weighted by atomic mass is 16.5. The van der Waals surface area contributed by atoms with Crippen LogP contribution in [0.2, 0.25) is 0 Å². The normalized spacial score (nSPS) is 12.1. The molecule has 1 heterocycles. The highest BCUT2D eigenvalue weighted by molar-refractivity contribution is 5.82. The minimum Gasteiger partial charge on any atom is -0.435 e. The molecule has 0 atom stereocenters. The van der Waals surface area contributed by atoms with E-state index in [-0.39, 0.29) is 12.4 Å². The maximum absolute atomic E-state index is 11.7. The lowest BCUT2D eigenvalue weighted by Crippen LogP contribution is -2.30. The maximum Gasteiger partial charge on any atom is 0.315 e. The van der Waals surface area contributed by atoms with Crippen molar-refractivity contribution in [3.63, 3.8) is 0 Å². The van der Waals surface area contributed by atoms with Gasteiger partial charge in [0, 0.05) is 0 Å². The van der Waals surface area contributed by atoms with Gasteiger partial charge in [-0.25, -0.2) is 0 Å². The summed E-state index contributed by atoms with van der Waals surface area (Å²) in [5.41, 5.74) is 11.4. The Bertz CT molecular complexity index is 703. The molecule has 0 radical (unpaired) electrons. The number of para-hydroxylation sites is 2. The summed E-state index contributed by atoms with van der Waals surface area (Å²) in [7, 11) is 0. The molecule has 3 rings (SSSR count). The first-order valence-corrected chi connectivity index (χ1v) is 7.00. The SMILES string of the molecule is C=COC(=O)Cc1ccc(C)cc1N1Nc2ccccc2N1. The number of hydrogen-bond acceptors (Lipinski definition) is 5. The van der Waals surface area contributed by atoms with Crippen molar-refractivity contribution in [2.75, 3.05) is 16.0 Å². The predicted octanol–water partition coefficient (Wildman–Crippen LogP) is 3.40. The van der Waals surface area contributed by atoms with Crippen LogP contribution in [0.15, 0.2) is 55.3 Å². The molecule has 0 saturated carbocycles. The molecule has 0 unspecified atom stereocenters. The van der Waals surface area contributed by atoms with Gasteiger partial charge in [0.25, 0.3) is 0 Å². The second kappa shape index (κ2) is 5.81. The number of nitrogens with zero attached hydrogens (tertiary/aromatic N) is 1. The van der Waals surface area contributed by atoms with E-state index in [1.54, 1.807) is 0 Å². The van der Waals surface area contributed by atoms with E-state index in [1.807, 2.05) is 54.5 Å². The Morgan fingerprint density at radius 2 is 1.91 bits per heavy atom. The molecule has 112 valence electrons. The van der Waals surface area contributed by atoms with Crippen LogP contribution < -0.4 is 16.0 Å². The second-order valence-electron chi connectivity index (χ2n) is 5.07. The van der Waals surface area contributed by atoms with Crippen molar-refractivity contribution >= 4 is 23.0 Å². The van der Waals surface area contributed by atoms with Gasteiger partial charge in [0.15, 0.2) is 0 Å². The summed E-state index contributed by atoms with van der Waals surface area (Å²) in [6.45, 7) is 5.42. The Morgan fingerprint density at radius 1 is 1.23 bits per heavy atom. The molecule has 1 aliphatic heterocycles. The minimum absolute atomic E-state index is 0.178. The van der Waals surface area contributed by atoms with Gasteiger partial charge in [-0.15, -0.1) is 0 Å². The number of hydrogen-bond donors (Lipinski definition) is 2. The van der Waals surface area contributed by atoms with Gasteiger partial charge >= 0.3 is 5.97 Å². The number of aryl methyl sites for hydroxylation is 1. The molecule has 0 aliphatic carbocycles. The van der Waals surface area contributed by atoms with Gasteiger partial charge < -0.3 is 4.74 Å². The zero-order valence-electron chi connectivity index (χ0n) is 12.3. The number of rotatable bonds is 4. The quantitative estimate of drug-likeness (QED) is 0.669. The summed E-state index contributed by atoms with van der Waals surface area (Å²) < 4.78 is 4.82. The van der Waals surface area contributed by atoms with Crippen molar-refractivity contribution in [1.29, 1.82) is 0 Å². The standard InChI is InChI=1S/C17H17N3O2/c1-3-22-17(21)11-13-9-8-12(2)10-16(13)20-18-14-6-4-5-7-15(14)19-20/h3-10,18-19H,1,11H2,2H3. The van der Waals surface area contributed by atoms with Crippen LogP contribution in [0.5, 0.6) is 0 Å². The van der Waals surface area contributed by atoms with Crippen LogP contribution in [0.1, 0.15) is 11.1 Å². The van der Waals surface area contributed by atoms with Crippen molar-refractivity contribution in [3.05, 3.63) is 66.4 Å². The number of carbonyl (C=O) groups excluding carboxylic acids is 1. The Hall–Kier alpha value is -2.95. The van der Waals surface area contributed by atoms with E-state index in [0.717, 1.165) is 34.5 Å². The largest absolute Gasteiger partial charge is 0.435 e. The molecule has 1 aliphatic rings. The molecule has 0 aromatic heterocycles. The Morgan fingerprint density at radius 3 is 2.55 bits per heavy atom. The van der Waals surface area contributed by atoms with E-state index < -0.39 is 0 Å². The third-order valence-corrected chi connectivity index (χ3v) is 3.42. The Kier molecular flexibility index (Phi) is 3.70. The summed E-state index contributed by atoms with van der Waals surface area (Å²) in [6.07, 6.45) is 1.33. The van der Waals surface area contributed by atoms with Crippen molar-refractivity contribution in [2.45, 2.75) is 13.3 Å². The van der Waals surface area contributed by atoms with Gasteiger partial charge in [-0.3, -0.25) is 15.6 Å². The van der Waals surface area contributed by atoms with E-state index in [4.69, 9.17) is 4.74 Å². The van der Waals surface area contributed by atoms with E-state index in [1.165, 1.54) is 0 Å². The molecule has 0 amide bonds. The highest BCUT2D eigenvalue weighted by Gasteiger charge is 2.21. The number of esters is 1. The molecule has 2 aromatic carbocycles. The third kappa shape index (κ3) is 2.74. The number of fused-ring (bicyclic) bond motifs is 1. The van der Waals surface area contributed by atoms with Gasteiger partial charge in [-0.2, -0.15) is 5.12 Å². The van der Waals surface area contributed by atoms with Crippen LogP contribution in [-0.4, -0.2) is 5.97 Å².